The molecule has 1 N–H and O–H groups in total. The number of hydrogen-bond donors (Lipinski definition) is 1. The maximum Gasteiger partial charge on any atom is 0.348 e. The summed E-state index contributed by atoms with van der Waals surface area (Å²) in [5.41, 5.74) is -0.722. The van der Waals surface area contributed by atoms with Crippen molar-refractivity contribution in [2.75, 3.05) is 19.6 Å². The Hall–Kier alpha value is -1.44. The van der Waals surface area contributed by atoms with Gasteiger partial charge >= 0.3 is 5.97 Å². The van der Waals surface area contributed by atoms with E-state index in [1.807, 2.05) is 30.3 Å². The highest BCUT2D eigenvalue weighted by Gasteiger charge is 2.45. The fourth-order valence-corrected chi connectivity index (χ4v) is 4.40. The molecule has 0 aliphatic carbocycles. The fraction of sp³-hybridized carbons (Fsp3) is 0.381. The molecule has 4 nitrogen and oxygen atoms in total. The van der Waals surface area contributed by atoms with Crippen LogP contribution in [0, 0.1) is 9.49 Å². The average Bonchev–Trinajstić information content (AvgIpc) is 2.69. The van der Waals surface area contributed by atoms with E-state index in [0.29, 0.717) is 17.0 Å². The average molecular weight is 463 g/mol. The molecule has 2 aromatic rings. The molecule has 26 heavy (non-hydrogen) atoms. The topological polar surface area (TPSA) is 49.8 Å². The predicted octanol–water partition coefficient (Wildman–Crippen LogP) is 3.16. The second-order valence-electron chi connectivity index (χ2n) is 7.17. The van der Waals surface area contributed by atoms with E-state index >= 15 is 0 Å². The highest BCUT2D eigenvalue weighted by Crippen LogP contribution is 2.35. The highest BCUT2D eigenvalue weighted by atomic mass is 127. The molecule has 0 spiro atoms. The summed E-state index contributed by atoms with van der Waals surface area (Å²) in [6.07, 6.45) is 1.99. The Balaban J connectivity index is 1.66. The van der Waals surface area contributed by atoms with E-state index in [4.69, 9.17) is 4.74 Å². The zero-order valence-corrected chi connectivity index (χ0v) is 16.6. The van der Waals surface area contributed by atoms with Crippen LogP contribution >= 0.6 is 22.6 Å². The summed E-state index contributed by atoms with van der Waals surface area (Å²) in [6.45, 7) is 2.94. The molecule has 0 amide bonds. The molecule has 2 aromatic carbocycles. The van der Waals surface area contributed by atoms with Crippen LogP contribution in [0.5, 0.6) is 0 Å². The first-order chi connectivity index (χ1) is 12.6. The number of esters is 1. The van der Waals surface area contributed by atoms with E-state index in [1.165, 1.54) is 0 Å². The summed E-state index contributed by atoms with van der Waals surface area (Å²) in [7, 11) is 0. The van der Waals surface area contributed by atoms with Crippen LogP contribution in [0.3, 0.4) is 0 Å². The molecule has 5 rings (SSSR count). The van der Waals surface area contributed by atoms with Crippen molar-refractivity contribution in [1.29, 1.82) is 0 Å². The van der Waals surface area contributed by atoms with Gasteiger partial charge in [0.2, 0.25) is 5.60 Å². The lowest BCUT2D eigenvalue weighted by Gasteiger charge is -2.44. The molecule has 2 atom stereocenters. The number of carbonyl (C=O) groups is 1. The first-order valence-corrected chi connectivity index (χ1v) is 10.1. The molecule has 3 heterocycles. The van der Waals surface area contributed by atoms with Gasteiger partial charge in [0.05, 0.1) is 0 Å². The molecule has 136 valence electrons. The highest BCUT2D eigenvalue weighted by molar-refractivity contribution is 14.1. The van der Waals surface area contributed by atoms with Gasteiger partial charge in [0.25, 0.3) is 0 Å². The van der Waals surface area contributed by atoms with Crippen molar-refractivity contribution >= 4 is 28.6 Å². The zero-order valence-electron chi connectivity index (χ0n) is 14.5. The first-order valence-electron chi connectivity index (χ1n) is 9.05. The molecule has 0 radical (unpaired) electrons. The molecule has 0 aromatic heterocycles. The largest absolute Gasteiger partial charge is 0.458 e. The minimum atomic E-state index is -1.79. The van der Waals surface area contributed by atoms with Gasteiger partial charge in [-0.05, 0) is 77.7 Å². The number of aliphatic hydroxyl groups is 1. The number of rotatable bonds is 4. The minimum Gasteiger partial charge on any atom is -0.458 e. The fourth-order valence-electron chi connectivity index (χ4n) is 4.04. The van der Waals surface area contributed by atoms with Crippen molar-refractivity contribution in [1.82, 2.24) is 4.90 Å². The second-order valence-corrected chi connectivity index (χ2v) is 8.41. The van der Waals surface area contributed by atoms with Crippen LogP contribution in [0.2, 0.25) is 0 Å². The number of nitrogens with zero attached hydrogens (tertiary/aromatic N) is 1. The van der Waals surface area contributed by atoms with Crippen LogP contribution in [0.4, 0.5) is 0 Å². The first kappa shape index (κ1) is 17.9. The van der Waals surface area contributed by atoms with Gasteiger partial charge in [0.15, 0.2) is 0 Å². The quantitative estimate of drug-likeness (QED) is 0.559. The van der Waals surface area contributed by atoms with Crippen molar-refractivity contribution in [3.05, 3.63) is 69.3 Å². The standard InChI is InChI=1S/C21H22INO3/c22-18-8-6-17(7-9-18)21(25,16-4-2-1-3-5-16)20(24)26-19-14-23-12-10-15(19)11-13-23/h1-9,15,19,25H,10-14H2/t19-,21-/m1/s1. The molecule has 3 aliphatic heterocycles. The Morgan fingerprint density at radius 1 is 1.04 bits per heavy atom. The van der Waals surface area contributed by atoms with Crippen molar-refractivity contribution in [3.63, 3.8) is 0 Å². The molecule has 3 aliphatic rings. The van der Waals surface area contributed by atoms with Crippen molar-refractivity contribution in [2.45, 2.75) is 24.5 Å². The maximum absolute atomic E-state index is 13.2. The Morgan fingerprint density at radius 2 is 1.65 bits per heavy atom. The molecule has 2 bridgehead atoms. The Labute approximate surface area is 167 Å². The van der Waals surface area contributed by atoms with Crippen molar-refractivity contribution in [2.24, 2.45) is 5.92 Å². The number of carbonyl (C=O) groups excluding carboxylic acids is 1. The van der Waals surface area contributed by atoms with E-state index in [9.17, 15) is 9.90 Å². The van der Waals surface area contributed by atoms with Gasteiger partial charge in [-0.3, -0.25) is 4.90 Å². The van der Waals surface area contributed by atoms with Gasteiger partial charge < -0.3 is 9.84 Å². The summed E-state index contributed by atoms with van der Waals surface area (Å²) < 4.78 is 6.95. The van der Waals surface area contributed by atoms with Crippen LogP contribution < -0.4 is 0 Å². The third-order valence-corrected chi connectivity index (χ3v) is 6.32. The zero-order chi connectivity index (χ0) is 18.1. The van der Waals surface area contributed by atoms with E-state index in [2.05, 4.69) is 27.5 Å². The van der Waals surface area contributed by atoms with E-state index in [1.54, 1.807) is 24.3 Å². The number of ether oxygens (including phenoxy) is 1. The van der Waals surface area contributed by atoms with Crippen molar-refractivity contribution in [3.8, 4) is 0 Å². The molecular formula is C21H22INO3. The molecule has 0 unspecified atom stereocenters. The SMILES string of the molecule is O=C(O[C@@H]1CN2CCC1CC2)[C@@](O)(c1ccccc1)c1ccc(I)cc1. The minimum absolute atomic E-state index is 0.135. The smallest absolute Gasteiger partial charge is 0.348 e. The van der Waals surface area contributed by atoms with Crippen LogP contribution in [-0.4, -0.2) is 41.7 Å². The lowest BCUT2D eigenvalue weighted by atomic mass is 9.84. The van der Waals surface area contributed by atoms with E-state index < -0.39 is 11.6 Å². The summed E-state index contributed by atoms with van der Waals surface area (Å²) in [5.74, 6) is -0.177. The number of benzene rings is 2. The molecule has 5 heteroatoms. The number of hydrogen-bond acceptors (Lipinski definition) is 4. The van der Waals surface area contributed by atoms with Crippen LogP contribution in [0.25, 0.3) is 0 Å². The van der Waals surface area contributed by atoms with Crippen molar-refractivity contribution < 1.29 is 14.6 Å². The van der Waals surface area contributed by atoms with Gasteiger partial charge in [0.1, 0.15) is 6.10 Å². The van der Waals surface area contributed by atoms with Gasteiger partial charge in [-0.15, -0.1) is 0 Å². The normalized spacial score (nSPS) is 26.9. The third kappa shape index (κ3) is 3.28. The van der Waals surface area contributed by atoms with Crippen LogP contribution in [-0.2, 0) is 15.1 Å². The summed E-state index contributed by atoms with van der Waals surface area (Å²) in [6, 6.07) is 16.5. The number of halogens is 1. The van der Waals surface area contributed by atoms with Gasteiger partial charge in [0, 0.05) is 10.1 Å². The second kappa shape index (κ2) is 7.29. The number of piperidine rings is 3. The van der Waals surface area contributed by atoms with E-state index in [-0.39, 0.29) is 6.10 Å². The van der Waals surface area contributed by atoms with Gasteiger partial charge in [-0.1, -0.05) is 42.5 Å². The monoisotopic (exact) mass is 463 g/mol. The molecule has 0 saturated carbocycles. The van der Waals surface area contributed by atoms with Crippen LogP contribution in [0.15, 0.2) is 54.6 Å². The van der Waals surface area contributed by atoms with Gasteiger partial charge in [-0.25, -0.2) is 4.79 Å². The Kier molecular flexibility index (Phi) is 5.03. The molecule has 3 fully saturated rings. The Morgan fingerprint density at radius 3 is 2.23 bits per heavy atom. The summed E-state index contributed by atoms with van der Waals surface area (Å²) >= 11 is 2.21. The lowest BCUT2D eigenvalue weighted by Crippen LogP contribution is -2.53. The predicted molar refractivity (Wildman–Crippen MR) is 108 cm³/mol. The lowest BCUT2D eigenvalue weighted by molar-refractivity contribution is -0.177. The van der Waals surface area contributed by atoms with E-state index in [0.717, 1.165) is 36.0 Å². The van der Waals surface area contributed by atoms with Gasteiger partial charge in [-0.2, -0.15) is 0 Å². The molecule has 3 saturated heterocycles. The maximum atomic E-state index is 13.2. The molecular weight excluding hydrogens is 441 g/mol. The Bertz CT molecular complexity index is 772. The third-order valence-electron chi connectivity index (χ3n) is 5.60. The number of fused-ring (bicyclic) bond motifs is 3. The van der Waals surface area contributed by atoms with Crippen LogP contribution in [0.1, 0.15) is 24.0 Å². The summed E-state index contributed by atoms with van der Waals surface area (Å²) in [4.78, 5) is 15.5. The summed E-state index contributed by atoms with van der Waals surface area (Å²) in [5, 5.41) is 11.5.